The van der Waals surface area contributed by atoms with Crippen molar-refractivity contribution in [3.63, 3.8) is 0 Å². The van der Waals surface area contributed by atoms with Crippen molar-refractivity contribution in [2.75, 3.05) is 23.8 Å². The molecule has 1 heterocycles. The molecule has 3 aromatic carbocycles. The van der Waals surface area contributed by atoms with Gasteiger partial charge in [-0.25, -0.2) is 8.42 Å². The largest absolute Gasteiger partial charge is 0.495 e. The van der Waals surface area contributed by atoms with Gasteiger partial charge in [-0.1, -0.05) is 23.7 Å². The zero-order chi connectivity index (χ0) is 24.6. The van der Waals surface area contributed by atoms with Crippen LogP contribution < -0.4 is 14.4 Å². The third kappa shape index (κ3) is 4.61. The first kappa shape index (κ1) is 24.1. The molecule has 0 radical (unpaired) electrons. The molecular formula is C25H23ClN2O4S2. The molecule has 1 amide bonds. The Morgan fingerprint density at radius 3 is 2.50 bits per heavy atom. The maximum atomic E-state index is 13.3. The molecule has 0 saturated carbocycles. The summed E-state index contributed by atoms with van der Waals surface area (Å²) in [7, 11) is -0.922. The number of halogens is 1. The van der Waals surface area contributed by atoms with Gasteiger partial charge in [0.1, 0.15) is 10.6 Å². The summed E-state index contributed by atoms with van der Waals surface area (Å²) in [6.07, 6.45) is 0. The van der Waals surface area contributed by atoms with Crippen molar-refractivity contribution in [2.45, 2.75) is 18.7 Å². The summed E-state index contributed by atoms with van der Waals surface area (Å²) in [5, 5.41) is 4.20. The average Bonchev–Trinajstić information content (AvgIpc) is 3.24. The number of carbonyl (C=O) groups is 1. The van der Waals surface area contributed by atoms with E-state index in [4.69, 9.17) is 16.3 Å². The minimum atomic E-state index is -3.86. The number of hydrogen-bond donors (Lipinski definition) is 1. The van der Waals surface area contributed by atoms with Crippen LogP contribution in [0.4, 0.5) is 11.4 Å². The van der Waals surface area contributed by atoms with E-state index >= 15 is 0 Å². The van der Waals surface area contributed by atoms with E-state index < -0.39 is 10.0 Å². The van der Waals surface area contributed by atoms with E-state index in [-0.39, 0.29) is 16.6 Å². The van der Waals surface area contributed by atoms with E-state index in [9.17, 15) is 13.2 Å². The van der Waals surface area contributed by atoms with E-state index in [1.54, 1.807) is 48.5 Å². The van der Waals surface area contributed by atoms with Gasteiger partial charge in [-0.15, -0.1) is 11.3 Å². The highest BCUT2D eigenvalue weighted by atomic mass is 35.5. The lowest BCUT2D eigenvalue weighted by Crippen LogP contribution is -2.27. The molecule has 34 heavy (non-hydrogen) atoms. The van der Waals surface area contributed by atoms with Gasteiger partial charge in [0.25, 0.3) is 15.9 Å². The number of benzene rings is 3. The molecule has 4 aromatic rings. The smallest absolute Gasteiger partial charge is 0.267 e. The predicted octanol–water partition coefficient (Wildman–Crippen LogP) is 6.26. The zero-order valence-corrected chi connectivity index (χ0v) is 21.4. The molecular weight excluding hydrogens is 492 g/mol. The van der Waals surface area contributed by atoms with Crippen LogP contribution in [0.3, 0.4) is 0 Å². The maximum absolute atomic E-state index is 13.3. The van der Waals surface area contributed by atoms with Gasteiger partial charge in [0.15, 0.2) is 0 Å². The van der Waals surface area contributed by atoms with Crippen molar-refractivity contribution in [3.05, 3.63) is 81.7 Å². The number of anilines is 2. The Hall–Kier alpha value is -3.07. The summed E-state index contributed by atoms with van der Waals surface area (Å²) in [5.41, 5.74) is 2.82. The SMILES string of the molecule is COc1ccc(C)cc1S(=O)(=O)N(C)c1ccc2sc(C(=O)Nc3ccc(C)c(Cl)c3)cc2c1. The second-order valence-electron chi connectivity index (χ2n) is 7.88. The standard InChI is InChI=1S/C25H23ClN2O4S2/c1-15-5-9-21(32-4)24(11-15)34(30,31)28(3)19-8-10-22-17(12-19)13-23(33-22)25(29)27-18-7-6-16(2)20(26)14-18/h5-14H,1-4H3,(H,27,29). The number of hydrogen-bond acceptors (Lipinski definition) is 5. The number of methoxy groups -OCH3 is 1. The molecule has 4 rings (SSSR count). The molecule has 0 saturated heterocycles. The predicted molar refractivity (Wildman–Crippen MR) is 139 cm³/mol. The number of rotatable bonds is 6. The van der Waals surface area contributed by atoms with Crippen LogP contribution >= 0.6 is 22.9 Å². The third-order valence-corrected chi connectivity index (χ3v) is 8.80. The fourth-order valence-electron chi connectivity index (χ4n) is 3.47. The number of aryl methyl sites for hydroxylation is 2. The molecule has 1 N–H and O–H groups in total. The summed E-state index contributed by atoms with van der Waals surface area (Å²) < 4.78 is 34.1. The Labute approximate surface area is 207 Å². The first-order valence-electron chi connectivity index (χ1n) is 10.3. The molecule has 1 aromatic heterocycles. The molecule has 0 aliphatic carbocycles. The van der Waals surface area contributed by atoms with Gasteiger partial charge in [0, 0.05) is 22.5 Å². The maximum Gasteiger partial charge on any atom is 0.267 e. The monoisotopic (exact) mass is 514 g/mol. The average molecular weight is 515 g/mol. The Bertz CT molecular complexity index is 1510. The third-order valence-electron chi connectivity index (χ3n) is 5.47. The van der Waals surface area contributed by atoms with Gasteiger partial charge >= 0.3 is 0 Å². The van der Waals surface area contributed by atoms with Gasteiger partial charge in [-0.05, 0) is 78.9 Å². The van der Waals surface area contributed by atoms with Gasteiger partial charge < -0.3 is 10.1 Å². The number of fused-ring (bicyclic) bond motifs is 1. The quantitative estimate of drug-likeness (QED) is 0.329. The van der Waals surface area contributed by atoms with Crippen LogP contribution in [0.25, 0.3) is 10.1 Å². The molecule has 6 nitrogen and oxygen atoms in total. The van der Waals surface area contributed by atoms with Crippen LogP contribution in [0.1, 0.15) is 20.8 Å². The number of amides is 1. The molecule has 9 heteroatoms. The van der Waals surface area contributed by atoms with Gasteiger partial charge in [0.2, 0.25) is 0 Å². The Balaban J connectivity index is 1.63. The van der Waals surface area contributed by atoms with E-state index in [0.29, 0.717) is 21.3 Å². The summed E-state index contributed by atoms with van der Waals surface area (Å²) >= 11 is 7.48. The molecule has 0 atom stereocenters. The number of thiophene rings is 1. The van der Waals surface area contributed by atoms with Crippen molar-refractivity contribution in [1.82, 2.24) is 0 Å². The van der Waals surface area contributed by atoms with Crippen LogP contribution in [0.15, 0.2) is 65.6 Å². The van der Waals surface area contributed by atoms with Crippen LogP contribution in [-0.4, -0.2) is 28.5 Å². The van der Waals surface area contributed by atoms with Crippen LogP contribution in [0.5, 0.6) is 5.75 Å². The number of nitrogens with zero attached hydrogens (tertiary/aromatic N) is 1. The molecule has 0 aliphatic rings. The number of nitrogens with one attached hydrogen (secondary N) is 1. The fourth-order valence-corrected chi connectivity index (χ4v) is 6.02. The lowest BCUT2D eigenvalue weighted by molar-refractivity contribution is 0.103. The Kier molecular flexibility index (Phi) is 6.58. The number of ether oxygens (including phenoxy) is 1. The van der Waals surface area contributed by atoms with Crippen molar-refractivity contribution < 1.29 is 17.9 Å². The van der Waals surface area contributed by atoms with Gasteiger partial charge in [-0.3, -0.25) is 9.10 Å². The molecule has 0 spiro atoms. The Morgan fingerprint density at radius 2 is 1.79 bits per heavy atom. The molecule has 0 bridgehead atoms. The number of sulfonamides is 1. The lowest BCUT2D eigenvalue weighted by atomic mass is 10.2. The van der Waals surface area contributed by atoms with Gasteiger partial charge in [0.05, 0.1) is 17.7 Å². The Morgan fingerprint density at radius 1 is 1.03 bits per heavy atom. The first-order chi connectivity index (χ1) is 16.1. The van der Waals surface area contributed by atoms with E-state index in [1.807, 2.05) is 26.0 Å². The summed E-state index contributed by atoms with van der Waals surface area (Å²) in [6.45, 7) is 3.72. The van der Waals surface area contributed by atoms with Crippen molar-refractivity contribution in [1.29, 1.82) is 0 Å². The lowest BCUT2D eigenvalue weighted by Gasteiger charge is -2.21. The minimum Gasteiger partial charge on any atom is -0.495 e. The van der Waals surface area contributed by atoms with E-state index in [2.05, 4.69) is 5.32 Å². The van der Waals surface area contributed by atoms with Crippen LogP contribution in [0, 0.1) is 13.8 Å². The molecule has 0 unspecified atom stereocenters. The molecule has 0 aliphatic heterocycles. The van der Waals surface area contributed by atoms with E-state index in [0.717, 1.165) is 21.2 Å². The fraction of sp³-hybridized carbons (Fsp3) is 0.160. The molecule has 0 fully saturated rings. The normalized spacial score (nSPS) is 11.4. The highest BCUT2D eigenvalue weighted by Gasteiger charge is 2.26. The van der Waals surface area contributed by atoms with Gasteiger partial charge in [-0.2, -0.15) is 0 Å². The van der Waals surface area contributed by atoms with Crippen molar-refractivity contribution >= 4 is 60.3 Å². The summed E-state index contributed by atoms with van der Waals surface area (Å²) in [5.74, 6) is 0.0253. The van der Waals surface area contributed by atoms with Crippen molar-refractivity contribution in [2.24, 2.45) is 0 Å². The van der Waals surface area contributed by atoms with E-state index in [1.165, 1.54) is 29.8 Å². The highest BCUT2D eigenvalue weighted by molar-refractivity contribution is 7.93. The minimum absolute atomic E-state index is 0.0970. The summed E-state index contributed by atoms with van der Waals surface area (Å²) in [6, 6.07) is 17.4. The second-order valence-corrected chi connectivity index (χ2v) is 11.3. The molecule has 176 valence electrons. The first-order valence-corrected chi connectivity index (χ1v) is 13.0. The van der Waals surface area contributed by atoms with Crippen molar-refractivity contribution in [3.8, 4) is 5.75 Å². The zero-order valence-electron chi connectivity index (χ0n) is 19.0. The number of carbonyl (C=O) groups excluding carboxylic acids is 1. The summed E-state index contributed by atoms with van der Waals surface area (Å²) in [4.78, 5) is 13.4. The van der Waals surface area contributed by atoms with Crippen LogP contribution in [-0.2, 0) is 10.0 Å². The van der Waals surface area contributed by atoms with Crippen LogP contribution in [0.2, 0.25) is 5.02 Å². The topological polar surface area (TPSA) is 75.7 Å². The second kappa shape index (κ2) is 9.29. The highest BCUT2D eigenvalue weighted by Crippen LogP contribution is 2.34.